The average Bonchev–Trinajstić information content (AvgIpc) is 2.80. The smallest absolute Gasteiger partial charge is 0.269 e. The number of carbonyl (C=O) groups excluding carboxylic acids is 1. The van der Waals surface area contributed by atoms with Crippen LogP contribution in [0.15, 0.2) is 65.6 Å². The van der Waals surface area contributed by atoms with Crippen molar-refractivity contribution in [3.8, 4) is 0 Å². The van der Waals surface area contributed by atoms with Gasteiger partial charge in [0.1, 0.15) is 6.54 Å². The zero-order valence-electron chi connectivity index (χ0n) is 17.8. The predicted molar refractivity (Wildman–Crippen MR) is 120 cm³/mol. The van der Waals surface area contributed by atoms with Crippen molar-refractivity contribution in [1.29, 1.82) is 0 Å². The van der Waals surface area contributed by atoms with E-state index in [0.717, 1.165) is 38.4 Å². The van der Waals surface area contributed by atoms with Crippen molar-refractivity contribution in [3.05, 3.63) is 76.7 Å². The first-order valence-electron chi connectivity index (χ1n) is 10.7. The molecule has 1 unspecified atom stereocenters. The fourth-order valence-corrected chi connectivity index (χ4v) is 4.03. The van der Waals surface area contributed by atoms with Gasteiger partial charge >= 0.3 is 0 Å². The molecule has 0 spiro atoms. The lowest BCUT2D eigenvalue weighted by Crippen LogP contribution is -2.49. The van der Waals surface area contributed by atoms with E-state index in [4.69, 9.17) is 4.74 Å². The highest BCUT2D eigenvalue weighted by Crippen LogP contribution is 2.14. The number of amides is 1. The van der Waals surface area contributed by atoms with Gasteiger partial charge in [-0.2, -0.15) is 0 Å². The minimum Gasteiger partial charge on any atom is -0.379 e. The summed E-state index contributed by atoms with van der Waals surface area (Å²) in [6.45, 7) is 6.51. The third-order valence-corrected chi connectivity index (χ3v) is 5.72. The van der Waals surface area contributed by atoms with Crippen molar-refractivity contribution in [2.75, 3.05) is 32.8 Å². The summed E-state index contributed by atoms with van der Waals surface area (Å²) in [4.78, 5) is 34.4. The van der Waals surface area contributed by atoms with Gasteiger partial charge in [0.05, 0.1) is 30.4 Å². The Morgan fingerprint density at radius 3 is 2.58 bits per heavy atom. The summed E-state index contributed by atoms with van der Waals surface area (Å²) in [7, 11) is 0. The number of morpholine rings is 1. The average molecular weight is 421 g/mol. The molecule has 2 heterocycles. The van der Waals surface area contributed by atoms with Crippen molar-refractivity contribution in [2.45, 2.75) is 26.1 Å². The molecule has 1 aromatic heterocycles. The van der Waals surface area contributed by atoms with E-state index in [9.17, 15) is 9.59 Å². The summed E-state index contributed by atoms with van der Waals surface area (Å²) in [6.07, 6.45) is 1.29. The van der Waals surface area contributed by atoms with E-state index < -0.39 is 0 Å². The van der Waals surface area contributed by atoms with Gasteiger partial charge in [-0.05, 0) is 24.6 Å². The second kappa shape index (κ2) is 9.85. The van der Waals surface area contributed by atoms with E-state index in [1.54, 1.807) is 0 Å². The maximum absolute atomic E-state index is 13.5. The minimum atomic E-state index is -0.271. The Labute approximate surface area is 181 Å². The molecule has 2 aromatic carbocycles. The lowest BCUT2D eigenvalue weighted by molar-refractivity contribution is -0.135. The highest BCUT2D eigenvalue weighted by atomic mass is 16.5. The van der Waals surface area contributed by atoms with Crippen LogP contribution in [0.3, 0.4) is 0 Å². The molecule has 3 aromatic rings. The molecule has 0 saturated carbocycles. The normalized spacial score (nSPS) is 15.6. The first-order chi connectivity index (χ1) is 15.1. The van der Waals surface area contributed by atoms with Crippen LogP contribution in [-0.2, 0) is 22.6 Å². The Hall–Kier alpha value is -3.03. The van der Waals surface area contributed by atoms with Gasteiger partial charge in [-0.3, -0.25) is 19.1 Å². The highest BCUT2D eigenvalue weighted by molar-refractivity contribution is 5.80. The Balaban J connectivity index is 1.59. The molecule has 0 aliphatic carbocycles. The second-order valence-corrected chi connectivity index (χ2v) is 7.94. The molecule has 31 heavy (non-hydrogen) atoms. The zero-order chi connectivity index (χ0) is 21.6. The fraction of sp³-hybridized carbons (Fsp3) is 0.375. The number of nitrogens with zero attached hydrogens (tertiary/aromatic N) is 4. The van der Waals surface area contributed by atoms with Gasteiger partial charge in [0, 0.05) is 32.2 Å². The zero-order valence-corrected chi connectivity index (χ0v) is 17.8. The van der Waals surface area contributed by atoms with Crippen LogP contribution in [0.5, 0.6) is 0 Å². The van der Waals surface area contributed by atoms with Crippen LogP contribution >= 0.6 is 0 Å². The first-order valence-corrected chi connectivity index (χ1v) is 10.7. The molecule has 1 aliphatic heterocycles. The summed E-state index contributed by atoms with van der Waals surface area (Å²) in [5.74, 6) is -0.0805. The van der Waals surface area contributed by atoms with Crippen LogP contribution in [0.4, 0.5) is 0 Å². The summed E-state index contributed by atoms with van der Waals surface area (Å²) < 4.78 is 6.97. The van der Waals surface area contributed by atoms with E-state index in [0.29, 0.717) is 17.6 Å². The summed E-state index contributed by atoms with van der Waals surface area (Å²) in [5.41, 5.74) is 2.17. The van der Waals surface area contributed by atoms with Crippen LogP contribution < -0.4 is 5.56 Å². The van der Waals surface area contributed by atoms with E-state index >= 15 is 0 Å². The number of benzene rings is 2. The Morgan fingerprint density at radius 2 is 1.81 bits per heavy atom. The van der Waals surface area contributed by atoms with Crippen LogP contribution in [0.2, 0.25) is 0 Å². The lowest BCUT2D eigenvalue weighted by Gasteiger charge is -2.35. The van der Waals surface area contributed by atoms with Gasteiger partial charge in [0.15, 0.2) is 0 Å². The molecule has 7 nitrogen and oxygen atoms in total. The number of carbonyl (C=O) groups is 1. The molecule has 7 heteroatoms. The van der Waals surface area contributed by atoms with Crippen molar-refractivity contribution >= 4 is 16.9 Å². The monoisotopic (exact) mass is 420 g/mol. The number of ether oxygens (including phenoxy) is 1. The standard InChI is InChI=1S/C24H28N4O3/c1-19(16-26-11-13-31-14-12-26)27(17-20-7-3-2-4-8-20)24(30)18-28-22-10-6-5-9-21(22)25-15-23(28)29/h2-10,15,19H,11-14,16-18H2,1H3. The van der Waals surface area contributed by atoms with Crippen molar-refractivity contribution in [2.24, 2.45) is 0 Å². The van der Waals surface area contributed by atoms with Gasteiger partial charge < -0.3 is 9.64 Å². The molecule has 1 atom stereocenters. The van der Waals surface area contributed by atoms with E-state index in [1.807, 2.05) is 59.5 Å². The first kappa shape index (κ1) is 21.2. The Kier molecular flexibility index (Phi) is 6.74. The number of hydrogen-bond acceptors (Lipinski definition) is 5. The Bertz CT molecular complexity index is 1080. The summed E-state index contributed by atoms with van der Waals surface area (Å²) in [6, 6.07) is 17.4. The minimum absolute atomic E-state index is 0.00499. The van der Waals surface area contributed by atoms with Crippen molar-refractivity contribution < 1.29 is 9.53 Å². The molecular formula is C24H28N4O3. The highest BCUT2D eigenvalue weighted by Gasteiger charge is 2.24. The Morgan fingerprint density at radius 1 is 1.10 bits per heavy atom. The molecule has 162 valence electrons. The molecule has 0 N–H and O–H groups in total. The van der Waals surface area contributed by atoms with Crippen molar-refractivity contribution in [1.82, 2.24) is 19.4 Å². The number of aromatic nitrogens is 2. The van der Waals surface area contributed by atoms with E-state index in [-0.39, 0.29) is 24.1 Å². The van der Waals surface area contributed by atoms with Crippen LogP contribution in [-0.4, -0.2) is 64.1 Å². The number of hydrogen-bond donors (Lipinski definition) is 0. The maximum atomic E-state index is 13.5. The summed E-state index contributed by atoms with van der Waals surface area (Å²) in [5, 5.41) is 0. The SMILES string of the molecule is CC(CN1CCOCC1)N(Cc1ccccc1)C(=O)Cn1c(=O)cnc2ccccc21. The summed E-state index contributed by atoms with van der Waals surface area (Å²) >= 11 is 0. The van der Waals surface area contributed by atoms with Crippen LogP contribution in [0, 0.1) is 0 Å². The van der Waals surface area contributed by atoms with E-state index in [2.05, 4.69) is 16.8 Å². The van der Waals surface area contributed by atoms with E-state index in [1.165, 1.54) is 10.8 Å². The third-order valence-electron chi connectivity index (χ3n) is 5.72. The van der Waals surface area contributed by atoms with Gasteiger partial charge in [-0.15, -0.1) is 0 Å². The molecule has 0 radical (unpaired) electrons. The molecule has 4 rings (SSSR count). The van der Waals surface area contributed by atoms with Gasteiger partial charge in [-0.25, -0.2) is 4.98 Å². The molecule has 0 bridgehead atoms. The van der Waals surface area contributed by atoms with Crippen molar-refractivity contribution in [3.63, 3.8) is 0 Å². The number of rotatable bonds is 7. The van der Waals surface area contributed by atoms with Crippen LogP contribution in [0.1, 0.15) is 12.5 Å². The third kappa shape index (κ3) is 5.18. The quantitative estimate of drug-likeness (QED) is 0.586. The van der Waals surface area contributed by atoms with Gasteiger partial charge in [0.2, 0.25) is 5.91 Å². The molecular weight excluding hydrogens is 392 g/mol. The van der Waals surface area contributed by atoms with Crippen LogP contribution in [0.25, 0.3) is 11.0 Å². The predicted octanol–water partition coefficient (Wildman–Crippen LogP) is 2.15. The number of para-hydroxylation sites is 2. The van der Waals surface area contributed by atoms with Gasteiger partial charge in [-0.1, -0.05) is 42.5 Å². The van der Waals surface area contributed by atoms with Gasteiger partial charge in [0.25, 0.3) is 5.56 Å². The number of fused-ring (bicyclic) bond motifs is 1. The fourth-order valence-electron chi connectivity index (χ4n) is 4.03. The maximum Gasteiger partial charge on any atom is 0.269 e. The molecule has 1 saturated heterocycles. The lowest BCUT2D eigenvalue weighted by atomic mass is 10.1. The topological polar surface area (TPSA) is 67.7 Å². The largest absolute Gasteiger partial charge is 0.379 e. The molecule has 1 fully saturated rings. The molecule has 1 amide bonds. The second-order valence-electron chi connectivity index (χ2n) is 7.94. The molecule has 1 aliphatic rings.